The summed E-state index contributed by atoms with van der Waals surface area (Å²) in [7, 11) is 0. The molecule has 3 nitrogen and oxygen atoms in total. The van der Waals surface area contributed by atoms with Crippen LogP contribution in [-0.2, 0) is 4.74 Å². The Hall–Kier alpha value is -1.84. The van der Waals surface area contributed by atoms with E-state index in [4.69, 9.17) is 16.3 Å². The fourth-order valence-electron chi connectivity index (χ4n) is 3.16. The zero-order valence-corrected chi connectivity index (χ0v) is 12.9. The first-order chi connectivity index (χ1) is 10.8. The van der Waals surface area contributed by atoms with E-state index < -0.39 is 0 Å². The number of nitrogens with one attached hydrogen (secondary N) is 1. The maximum absolute atomic E-state index is 6.00. The van der Waals surface area contributed by atoms with Gasteiger partial charge in [0.15, 0.2) is 0 Å². The van der Waals surface area contributed by atoms with Gasteiger partial charge in [0.1, 0.15) is 6.10 Å². The minimum Gasteiger partial charge on any atom is -0.372 e. The number of rotatable bonds is 2. The molecule has 1 aliphatic heterocycles. The Balaban J connectivity index is 1.87. The number of fused-ring (bicyclic) bond motifs is 1. The van der Waals surface area contributed by atoms with Crippen LogP contribution in [0.15, 0.2) is 42.7 Å². The fourth-order valence-corrected chi connectivity index (χ4v) is 3.29. The monoisotopic (exact) mass is 312 g/mol. The average Bonchev–Trinajstić information content (AvgIpc) is 3.00. The van der Waals surface area contributed by atoms with Crippen molar-refractivity contribution in [3.8, 4) is 11.1 Å². The van der Waals surface area contributed by atoms with E-state index in [2.05, 4.69) is 9.97 Å². The molecule has 4 heteroatoms. The second kappa shape index (κ2) is 5.75. The number of hydrogen-bond acceptors (Lipinski definition) is 2. The van der Waals surface area contributed by atoms with E-state index in [-0.39, 0.29) is 6.10 Å². The molecule has 3 aromatic rings. The number of aromatic nitrogens is 2. The number of H-pyrrole nitrogens is 1. The van der Waals surface area contributed by atoms with Gasteiger partial charge >= 0.3 is 0 Å². The van der Waals surface area contributed by atoms with Gasteiger partial charge in [-0.3, -0.25) is 4.98 Å². The second-order valence-electron chi connectivity index (χ2n) is 5.68. The molecular weight excluding hydrogens is 296 g/mol. The lowest BCUT2D eigenvalue weighted by atomic mass is 9.98. The number of pyridine rings is 1. The summed E-state index contributed by atoms with van der Waals surface area (Å²) in [4.78, 5) is 7.99. The van der Waals surface area contributed by atoms with Crippen LogP contribution >= 0.6 is 11.6 Å². The summed E-state index contributed by atoms with van der Waals surface area (Å²) >= 11 is 6.00. The number of nitrogens with zero attached hydrogens (tertiary/aromatic N) is 1. The number of aromatic amines is 1. The predicted octanol–water partition coefficient (Wildman–Crippen LogP) is 5.12. The van der Waals surface area contributed by atoms with Gasteiger partial charge in [0.25, 0.3) is 0 Å². The highest BCUT2D eigenvalue weighted by Gasteiger charge is 2.22. The Morgan fingerprint density at radius 1 is 1.14 bits per heavy atom. The van der Waals surface area contributed by atoms with E-state index in [9.17, 15) is 0 Å². The van der Waals surface area contributed by atoms with Gasteiger partial charge in [-0.25, -0.2) is 0 Å². The molecule has 2 aromatic heterocycles. The Bertz CT molecular complexity index is 788. The maximum Gasteiger partial charge on any atom is 0.100 e. The Kier molecular flexibility index (Phi) is 3.60. The van der Waals surface area contributed by atoms with Crippen LogP contribution in [0.5, 0.6) is 0 Å². The molecule has 1 saturated heterocycles. The van der Waals surface area contributed by atoms with Crippen molar-refractivity contribution < 1.29 is 4.74 Å². The summed E-state index contributed by atoms with van der Waals surface area (Å²) in [5, 5.41) is 1.91. The van der Waals surface area contributed by atoms with Crippen LogP contribution in [0.2, 0.25) is 5.02 Å². The maximum atomic E-state index is 6.00. The molecule has 0 spiro atoms. The van der Waals surface area contributed by atoms with Crippen LogP contribution in [0.1, 0.15) is 31.1 Å². The molecule has 1 unspecified atom stereocenters. The van der Waals surface area contributed by atoms with Crippen molar-refractivity contribution in [2.24, 2.45) is 0 Å². The standard InChI is InChI=1S/C18H17ClN2O/c19-13-6-4-12(5-7-13)14-11-21-15-8-9-20-18(17(14)15)16-3-1-2-10-22-16/h4-9,11,16,21H,1-3,10H2. The normalized spacial score (nSPS) is 18.7. The molecule has 0 aliphatic carbocycles. The van der Waals surface area contributed by atoms with Gasteiger partial charge in [-0.2, -0.15) is 0 Å². The van der Waals surface area contributed by atoms with Gasteiger partial charge in [-0.15, -0.1) is 0 Å². The van der Waals surface area contributed by atoms with Crippen LogP contribution in [0.4, 0.5) is 0 Å². The van der Waals surface area contributed by atoms with Crippen molar-refractivity contribution in [3.05, 3.63) is 53.4 Å². The van der Waals surface area contributed by atoms with E-state index in [1.165, 1.54) is 6.42 Å². The van der Waals surface area contributed by atoms with Gasteiger partial charge < -0.3 is 9.72 Å². The van der Waals surface area contributed by atoms with Crippen molar-refractivity contribution >= 4 is 22.5 Å². The molecule has 1 atom stereocenters. The zero-order chi connectivity index (χ0) is 14.9. The highest BCUT2D eigenvalue weighted by atomic mass is 35.5. The fraction of sp³-hybridized carbons (Fsp3) is 0.278. The summed E-state index contributed by atoms with van der Waals surface area (Å²) < 4.78 is 5.95. The molecule has 22 heavy (non-hydrogen) atoms. The van der Waals surface area contributed by atoms with Gasteiger partial charge in [0.2, 0.25) is 0 Å². The van der Waals surface area contributed by atoms with Gasteiger partial charge in [-0.1, -0.05) is 23.7 Å². The molecule has 0 amide bonds. The first kappa shape index (κ1) is 13.8. The molecule has 4 rings (SSSR count). The molecule has 3 heterocycles. The smallest absolute Gasteiger partial charge is 0.100 e. The molecule has 1 fully saturated rings. The first-order valence-electron chi connectivity index (χ1n) is 7.66. The van der Waals surface area contributed by atoms with Gasteiger partial charge in [0.05, 0.1) is 5.69 Å². The van der Waals surface area contributed by atoms with Crippen LogP contribution < -0.4 is 0 Å². The molecule has 0 bridgehead atoms. The average molecular weight is 313 g/mol. The third kappa shape index (κ3) is 2.40. The summed E-state index contributed by atoms with van der Waals surface area (Å²) in [5.74, 6) is 0. The quantitative estimate of drug-likeness (QED) is 0.712. The summed E-state index contributed by atoms with van der Waals surface area (Å²) in [5.41, 5.74) is 4.44. The lowest BCUT2D eigenvalue weighted by Gasteiger charge is -2.23. The van der Waals surface area contributed by atoms with Crippen molar-refractivity contribution in [2.45, 2.75) is 25.4 Å². The van der Waals surface area contributed by atoms with Gasteiger partial charge in [-0.05, 0) is 43.0 Å². The van der Waals surface area contributed by atoms with Crippen molar-refractivity contribution in [1.82, 2.24) is 9.97 Å². The molecular formula is C18H17ClN2O. The minimum absolute atomic E-state index is 0.0966. The van der Waals surface area contributed by atoms with Gasteiger partial charge in [0, 0.05) is 40.5 Å². The molecule has 0 saturated carbocycles. The van der Waals surface area contributed by atoms with Crippen LogP contribution in [-0.4, -0.2) is 16.6 Å². The summed E-state index contributed by atoms with van der Waals surface area (Å²) in [6.45, 7) is 0.823. The molecule has 0 radical (unpaired) electrons. The van der Waals surface area contributed by atoms with Crippen molar-refractivity contribution in [2.75, 3.05) is 6.61 Å². The van der Waals surface area contributed by atoms with Crippen molar-refractivity contribution in [1.29, 1.82) is 0 Å². The third-order valence-electron chi connectivity index (χ3n) is 4.26. The van der Waals surface area contributed by atoms with E-state index in [0.717, 1.165) is 52.2 Å². The summed E-state index contributed by atoms with van der Waals surface area (Å²) in [6, 6.07) is 9.94. The van der Waals surface area contributed by atoms with E-state index in [1.807, 2.05) is 42.7 Å². The number of benzene rings is 1. The van der Waals surface area contributed by atoms with Crippen LogP contribution in [0, 0.1) is 0 Å². The Morgan fingerprint density at radius 3 is 2.77 bits per heavy atom. The highest BCUT2D eigenvalue weighted by molar-refractivity contribution is 6.30. The molecule has 1 N–H and O–H groups in total. The van der Waals surface area contributed by atoms with E-state index in [0.29, 0.717) is 0 Å². The minimum atomic E-state index is 0.0966. The third-order valence-corrected chi connectivity index (χ3v) is 4.51. The number of ether oxygens (including phenoxy) is 1. The largest absolute Gasteiger partial charge is 0.372 e. The molecule has 112 valence electrons. The Labute approximate surface area is 134 Å². The van der Waals surface area contributed by atoms with Crippen LogP contribution in [0.25, 0.3) is 22.0 Å². The zero-order valence-electron chi connectivity index (χ0n) is 12.2. The first-order valence-corrected chi connectivity index (χ1v) is 8.04. The predicted molar refractivity (Wildman–Crippen MR) is 89.1 cm³/mol. The number of halogens is 1. The Morgan fingerprint density at radius 2 is 2.00 bits per heavy atom. The lowest BCUT2D eigenvalue weighted by molar-refractivity contribution is 0.0133. The molecule has 1 aliphatic rings. The van der Waals surface area contributed by atoms with E-state index >= 15 is 0 Å². The van der Waals surface area contributed by atoms with Crippen molar-refractivity contribution in [3.63, 3.8) is 0 Å². The molecule has 1 aromatic carbocycles. The summed E-state index contributed by atoms with van der Waals surface area (Å²) in [6.07, 6.45) is 7.38. The second-order valence-corrected chi connectivity index (χ2v) is 6.12. The van der Waals surface area contributed by atoms with Crippen LogP contribution in [0.3, 0.4) is 0 Å². The van der Waals surface area contributed by atoms with E-state index in [1.54, 1.807) is 0 Å². The topological polar surface area (TPSA) is 37.9 Å². The SMILES string of the molecule is Clc1ccc(-c2c[nH]c3ccnc(C4CCCCO4)c23)cc1. The number of hydrogen-bond donors (Lipinski definition) is 1. The highest BCUT2D eigenvalue weighted by Crippen LogP contribution is 2.37. The lowest BCUT2D eigenvalue weighted by Crippen LogP contribution is -2.13.